The third-order valence-electron chi connectivity index (χ3n) is 4.44. The molecule has 30 heavy (non-hydrogen) atoms. The van der Waals surface area contributed by atoms with Gasteiger partial charge in [-0.1, -0.05) is 65.5 Å². The summed E-state index contributed by atoms with van der Waals surface area (Å²) in [6.07, 6.45) is 3.31. The first-order valence-electron chi connectivity index (χ1n) is 9.69. The van der Waals surface area contributed by atoms with Crippen molar-refractivity contribution in [3.8, 4) is 0 Å². The number of nitrogens with one attached hydrogen (secondary N) is 2. The predicted molar refractivity (Wildman–Crippen MR) is 120 cm³/mol. The molecule has 0 fully saturated rings. The first kappa shape index (κ1) is 23.3. The molecule has 1 atom stereocenters. The second kappa shape index (κ2) is 11.3. The van der Waals surface area contributed by atoms with Crippen molar-refractivity contribution in [1.29, 1.82) is 0 Å². The highest BCUT2D eigenvalue weighted by atomic mass is 79.9. The summed E-state index contributed by atoms with van der Waals surface area (Å²) >= 11 is 3.36. The molecule has 158 valence electrons. The number of rotatable bonds is 9. The Morgan fingerprint density at radius 2 is 1.70 bits per heavy atom. The minimum atomic E-state index is -1.11. The number of halogens is 1. The summed E-state index contributed by atoms with van der Waals surface area (Å²) in [6, 6.07) is 13.1. The van der Waals surface area contributed by atoms with Gasteiger partial charge in [0.1, 0.15) is 11.7 Å². The second-order valence-corrected chi connectivity index (χ2v) is 7.85. The number of carbonyl (C=O) groups is 3. The standard InChI is InChI=1S/C23H25BrN2O4/c1-3-4-5-19(23(29)30)25-22(28)20(14-16-8-12-18(24)13-9-16)26-21(27)17-10-6-15(2)7-11-17/h6-14,19H,3-5H2,1-2H3,(H,25,28)(H,26,27)(H,29,30)/b20-14-/t19-/m0/s1. The summed E-state index contributed by atoms with van der Waals surface area (Å²) in [7, 11) is 0. The number of unbranched alkanes of at least 4 members (excludes halogenated alkanes) is 1. The highest BCUT2D eigenvalue weighted by Gasteiger charge is 2.22. The van der Waals surface area contributed by atoms with Gasteiger partial charge in [-0.15, -0.1) is 0 Å². The van der Waals surface area contributed by atoms with E-state index in [0.717, 1.165) is 16.5 Å². The van der Waals surface area contributed by atoms with E-state index in [1.165, 1.54) is 6.08 Å². The molecular weight excluding hydrogens is 448 g/mol. The molecule has 0 spiro atoms. The second-order valence-electron chi connectivity index (χ2n) is 6.94. The van der Waals surface area contributed by atoms with Gasteiger partial charge in [-0.05, 0) is 49.2 Å². The maximum absolute atomic E-state index is 12.8. The van der Waals surface area contributed by atoms with Gasteiger partial charge in [0.05, 0.1) is 0 Å². The fourth-order valence-corrected chi connectivity index (χ4v) is 2.95. The Labute approximate surface area is 184 Å². The van der Waals surface area contributed by atoms with E-state index in [2.05, 4.69) is 26.6 Å². The number of hydrogen-bond donors (Lipinski definition) is 3. The molecule has 2 amide bonds. The van der Waals surface area contributed by atoms with E-state index in [-0.39, 0.29) is 5.70 Å². The summed E-state index contributed by atoms with van der Waals surface area (Å²) in [5.41, 5.74) is 2.07. The molecule has 2 rings (SSSR count). The van der Waals surface area contributed by atoms with Crippen LogP contribution < -0.4 is 10.6 Å². The molecule has 0 saturated carbocycles. The first-order valence-corrected chi connectivity index (χ1v) is 10.5. The Morgan fingerprint density at radius 1 is 1.07 bits per heavy atom. The van der Waals surface area contributed by atoms with Crippen LogP contribution in [0.1, 0.15) is 47.7 Å². The van der Waals surface area contributed by atoms with Crippen LogP contribution in [-0.4, -0.2) is 28.9 Å². The van der Waals surface area contributed by atoms with E-state index < -0.39 is 23.8 Å². The van der Waals surface area contributed by atoms with E-state index in [4.69, 9.17) is 0 Å². The van der Waals surface area contributed by atoms with Gasteiger partial charge in [-0.3, -0.25) is 9.59 Å². The molecule has 0 aliphatic carbocycles. The number of benzene rings is 2. The molecule has 0 unspecified atom stereocenters. The van der Waals surface area contributed by atoms with E-state index in [0.29, 0.717) is 24.0 Å². The number of carbonyl (C=O) groups excluding carboxylic acids is 2. The molecular formula is C23H25BrN2O4. The molecule has 0 aliphatic rings. The van der Waals surface area contributed by atoms with Crippen LogP contribution in [0.4, 0.5) is 0 Å². The fourth-order valence-electron chi connectivity index (χ4n) is 2.69. The molecule has 0 bridgehead atoms. The number of carboxylic acids is 1. The van der Waals surface area contributed by atoms with Crippen molar-refractivity contribution < 1.29 is 19.5 Å². The molecule has 0 saturated heterocycles. The summed E-state index contributed by atoms with van der Waals surface area (Å²) in [5.74, 6) is -2.21. The van der Waals surface area contributed by atoms with E-state index in [1.807, 2.05) is 26.0 Å². The summed E-state index contributed by atoms with van der Waals surface area (Å²) in [4.78, 5) is 37.0. The average molecular weight is 473 g/mol. The first-order chi connectivity index (χ1) is 14.3. The van der Waals surface area contributed by atoms with Crippen LogP contribution in [0.5, 0.6) is 0 Å². The summed E-state index contributed by atoms with van der Waals surface area (Å²) < 4.78 is 0.875. The lowest BCUT2D eigenvalue weighted by molar-refractivity contribution is -0.141. The zero-order valence-corrected chi connectivity index (χ0v) is 18.5. The van der Waals surface area contributed by atoms with E-state index in [1.54, 1.807) is 36.4 Å². The topological polar surface area (TPSA) is 95.5 Å². The van der Waals surface area contributed by atoms with Crippen LogP contribution in [0.3, 0.4) is 0 Å². The number of aryl methyl sites for hydroxylation is 1. The largest absolute Gasteiger partial charge is 0.480 e. The molecule has 2 aromatic rings. The molecule has 3 N–H and O–H groups in total. The van der Waals surface area contributed by atoms with Gasteiger partial charge in [0.2, 0.25) is 0 Å². The van der Waals surface area contributed by atoms with Gasteiger partial charge >= 0.3 is 5.97 Å². The number of hydrogen-bond acceptors (Lipinski definition) is 3. The van der Waals surface area contributed by atoms with Crippen LogP contribution in [-0.2, 0) is 9.59 Å². The Kier molecular flexibility index (Phi) is 8.80. The summed E-state index contributed by atoms with van der Waals surface area (Å²) in [5, 5.41) is 14.5. The smallest absolute Gasteiger partial charge is 0.326 e. The lowest BCUT2D eigenvalue weighted by atomic mass is 10.1. The van der Waals surface area contributed by atoms with Crippen LogP contribution in [0.15, 0.2) is 58.7 Å². The van der Waals surface area contributed by atoms with Crippen LogP contribution in [0, 0.1) is 6.92 Å². The Hall–Kier alpha value is -2.93. The highest BCUT2D eigenvalue weighted by molar-refractivity contribution is 9.10. The van der Waals surface area contributed by atoms with Gasteiger partial charge in [-0.25, -0.2) is 4.79 Å². The average Bonchev–Trinajstić information content (AvgIpc) is 2.72. The molecule has 0 aromatic heterocycles. The molecule has 2 aromatic carbocycles. The van der Waals surface area contributed by atoms with E-state index >= 15 is 0 Å². The van der Waals surface area contributed by atoms with Gasteiger partial charge in [0.15, 0.2) is 0 Å². The molecule has 7 heteroatoms. The summed E-state index contributed by atoms with van der Waals surface area (Å²) in [6.45, 7) is 3.86. The zero-order chi connectivity index (χ0) is 22.1. The Balaban J connectivity index is 2.28. The van der Waals surface area contributed by atoms with Gasteiger partial charge in [0.25, 0.3) is 11.8 Å². The molecule has 0 aliphatic heterocycles. The van der Waals surface area contributed by atoms with Crippen molar-refractivity contribution in [2.75, 3.05) is 0 Å². The molecule has 0 heterocycles. The maximum atomic E-state index is 12.8. The lowest BCUT2D eigenvalue weighted by Crippen LogP contribution is -2.44. The normalized spacial score (nSPS) is 12.2. The quantitative estimate of drug-likeness (QED) is 0.474. The van der Waals surface area contributed by atoms with Crippen LogP contribution in [0.25, 0.3) is 6.08 Å². The number of aliphatic carboxylic acids is 1. The van der Waals surface area contributed by atoms with E-state index in [9.17, 15) is 19.5 Å². The van der Waals surface area contributed by atoms with Crippen LogP contribution in [0.2, 0.25) is 0 Å². The van der Waals surface area contributed by atoms with Crippen molar-refractivity contribution in [3.63, 3.8) is 0 Å². The fraction of sp³-hybridized carbons (Fsp3) is 0.261. The Bertz CT molecular complexity index is 921. The van der Waals surface area contributed by atoms with Crippen molar-refractivity contribution in [1.82, 2.24) is 10.6 Å². The van der Waals surface area contributed by atoms with Gasteiger partial charge in [0, 0.05) is 10.0 Å². The minimum absolute atomic E-state index is 0.0226. The molecule has 0 radical (unpaired) electrons. The SMILES string of the molecule is CCCC[C@H](NC(=O)/C(=C/c1ccc(Br)cc1)NC(=O)c1ccc(C)cc1)C(=O)O. The Morgan fingerprint density at radius 3 is 2.27 bits per heavy atom. The lowest BCUT2D eigenvalue weighted by Gasteiger charge is -2.16. The molecule has 6 nitrogen and oxygen atoms in total. The third-order valence-corrected chi connectivity index (χ3v) is 4.97. The monoisotopic (exact) mass is 472 g/mol. The number of amides is 2. The predicted octanol–water partition coefficient (Wildman–Crippen LogP) is 4.29. The zero-order valence-electron chi connectivity index (χ0n) is 16.9. The van der Waals surface area contributed by atoms with Crippen molar-refractivity contribution in [2.45, 2.75) is 39.2 Å². The minimum Gasteiger partial charge on any atom is -0.480 e. The highest BCUT2D eigenvalue weighted by Crippen LogP contribution is 2.14. The maximum Gasteiger partial charge on any atom is 0.326 e. The van der Waals surface area contributed by atoms with Crippen LogP contribution >= 0.6 is 15.9 Å². The van der Waals surface area contributed by atoms with Gasteiger partial charge in [-0.2, -0.15) is 0 Å². The van der Waals surface area contributed by atoms with Crippen molar-refractivity contribution >= 4 is 39.8 Å². The third kappa shape index (κ3) is 7.15. The van der Waals surface area contributed by atoms with Crippen molar-refractivity contribution in [3.05, 3.63) is 75.4 Å². The van der Waals surface area contributed by atoms with Crippen molar-refractivity contribution in [2.24, 2.45) is 0 Å². The number of carboxylic acid groups (broad SMARTS) is 1. The van der Waals surface area contributed by atoms with Gasteiger partial charge < -0.3 is 15.7 Å².